The van der Waals surface area contributed by atoms with Gasteiger partial charge in [-0.1, -0.05) is 0 Å². The van der Waals surface area contributed by atoms with E-state index < -0.39 is 109 Å². The molecule has 0 saturated carbocycles. The van der Waals surface area contributed by atoms with Crippen molar-refractivity contribution >= 4 is 20.1 Å². The molecule has 0 amide bonds. The maximum atomic E-state index is 14.5. The van der Waals surface area contributed by atoms with Gasteiger partial charge in [0.1, 0.15) is 5.75 Å². The summed E-state index contributed by atoms with van der Waals surface area (Å²) < 4.78 is 283. The zero-order valence-corrected chi connectivity index (χ0v) is 22.4. The van der Waals surface area contributed by atoms with Gasteiger partial charge in [0.25, 0.3) is 20.1 Å². The molecule has 43 heavy (non-hydrogen) atoms. The van der Waals surface area contributed by atoms with Gasteiger partial charge in [-0.05, 0) is 27.1 Å². The number of sulfonamides is 1. The molecule has 0 aromatic carbocycles. The minimum Gasteiger partial charge on any atom is -0.391 e. The van der Waals surface area contributed by atoms with Crippen LogP contribution in [-0.4, -0.2) is 128 Å². The number of hydrogen-bond acceptors (Lipinski definition) is 6. The van der Waals surface area contributed by atoms with Crippen LogP contribution in [0.25, 0.3) is 0 Å². The predicted molar refractivity (Wildman–Crippen MR) is 107 cm³/mol. The highest BCUT2D eigenvalue weighted by Gasteiger charge is 2.96. The van der Waals surface area contributed by atoms with E-state index in [1.54, 1.807) is 0 Å². The number of halogens is 17. The minimum atomic E-state index is -9.01. The van der Waals surface area contributed by atoms with E-state index in [0.29, 0.717) is 0 Å². The molecule has 0 spiro atoms. The molecule has 1 unspecified atom stereocenters. The van der Waals surface area contributed by atoms with Crippen molar-refractivity contribution in [2.24, 2.45) is 0 Å². The molecule has 0 radical (unpaired) electrons. The van der Waals surface area contributed by atoms with Crippen molar-refractivity contribution in [2.75, 3.05) is 39.5 Å². The average molecular weight is 722 g/mol. The summed E-state index contributed by atoms with van der Waals surface area (Å²) in [6.45, 7) is -4.21. The van der Waals surface area contributed by atoms with Crippen LogP contribution in [0.5, 0.6) is 0 Å². The number of alkyl halides is 17. The second-order valence-corrected chi connectivity index (χ2v) is 12.4. The Morgan fingerprint density at radius 1 is 0.605 bits per heavy atom. The summed E-state index contributed by atoms with van der Waals surface area (Å²) in [6, 6.07) is 0. The Balaban J connectivity index is 7.10. The molecule has 0 aliphatic carbocycles. The molecular formula is C16H19F17N2O6S2. The quantitative estimate of drug-likeness (QED) is 0.184. The fourth-order valence-electron chi connectivity index (χ4n) is 2.88. The first kappa shape index (κ1) is 41.5. The van der Waals surface area contributed by atoms with Gasteiger partial charge in [0.05, 0.1) is 6.10 Å². The summed E-state index contributed by atoms with van der Waals surface area (Å²) in [4.78, 5) is 1.10. The molecule has 0 aromatic rings. The molecule has 0 aliphatic rings. The van der Waals surface area contributed by atoms with Gasteiger partial charge >= 0.3 is 47.0 Å². The normalized spacial score (nSPS) is 16.7. The monoisotopic (exact) mass is 722 g/mol. The fraction of sp³-hybridized carbons (Fsp3) is 1.00. The molecule has 0 bridgehead atoms. The van der Waals surface area contributed by atoms with Crippen LogP contribution < -0.4 is 0 Å². The van der Waals surface area contributed by atoms with Crippen LogP contribution in [0.4, 0.5) is 74.6 Å². The van der Waals surface area contributed by atoms with E-state index in [4.69, 9.17) is 4.55 Å². The summed E-state index contributed by atoms with van der Waals surface area (Å²) in [6.07, 6.45) is -11.7. The lowest BCUT2D eigenvalue weighted by Crippen LogP contribution is -2.75. The number of aliphatic hydroxyl groups is 1. The molecule has 27 heteroatoms. The zero-order valence-electron chi connectivity index (χ0n) is 20.8. The molecule has 0 saturated heterocycles. The zero-order chi connectivity index (χ0) is 35.3. The van der Waals surface area contributed by atoms with Crippen LogP contribution in [0.1, 0.15) is 6.42 Å². The summed E-state index contributed by atoms with van der Waals surface area (Å²) in [7, 11) is -10.7. The lowest BCUT2D eigenvalue weighted by atomic mass is 9.91. The molecule has 1 atom stereocenters. The topological polar surface area (TPSA) is 115 Å². The molecule has 2 N–H and O–H groups in total. The van der Waals surface area contributed by atoms with E-state index in [2.05, 4.69) is 0 Å². The second kappa shape index (κ2) is 12.1. The first-order valence-corrected chi connectivity index (χ1v) is 13.5. The van der Waals surface area contributed by atoms with Crippen molar-refractivity contribution in [1.82, 2.24) is 9.21 Å². The number of rotatable bonds is 16. The van der Waals surface area contributed by atoms with Gasteiger partial charge in [-0.15, -0.1) is 0 Å². The van der Waals surface area contributed by atoms with Gasteiger partial charge in [-0.3, -0.25) is 4.55 Å². The fourth-order valence-corrected chi connectivity index (χ4v) is 4.98. The molecule has 0 heterocycles. The van der Waals surface area contributed by atoms with Crippen molar-refractivity contribution in [1.29, 1.82) is 0 Å². The van der Waals surface area contributed by atoms with Crippen LogP contribution in [0.15, 0.2) is 0 Å². The highest BCUT2D eigenvalue weighted by Crippen LogP contribution is 2.64. The molecule has 8 nitrogen and oxygen atoms in total. The highest BCUT2D eigenvalue weighted by molar-refractivity contribution is 7.90. The van der Waals surface area contributed by atoms with Crippen LogP contribution in [0.3, 0.4) is 0 Å². The predicted octanol–water partition coefficient (Wildman–Crippen LogP) is 3.79. The lowest BCUT2D eigenvalue weighted by molar-refractivity contribution is -0.458. The van der Waals surface area contributed by atoms with E-state index in [1.807, 2.05) is 0 Å². The summed E-state index contributed by atoms with van der Waals surface area (Å²) in [5.74, 6) is -54.6. The Bertz CT molecular complexity index is 1190. The summed E-state index contributed by atoms with van der Waals surface area (Å²) in [5.41, 5.74) is 0. The van der Waals surface area contributed by atoms with Crippen LogP contribution in [-0.2, 0) is 20.1 Å². The van der Waals surface area contributed by atoms with Gasteiger partial charge in [0.2, 0.25) is 0 Å². The largest absolute Gasteiger partial charge is 0.460 e. The Hall–Kier alpha value is -1.45. The first-order chi connectivity index (χ1) is 18.4. The van der Waals surface area contributed by atoms with Gasteiger partial charge < -0.3 is 10.0 Å². The molecule has 0 fully saturated rings. The van der Waals surface area contributed by atoms with Crippen molar-refractivity contribution in [3.8, 4) is 0 Å². The SMILES string of the molecule is CN(C)CCCN(CC(O)CS(=O)(=O)O)S(=O)(=O)C(F)(F)C(F)(F)C(F)(F)C(F)(F)C(F)(F)C(F)(F)C(F)(F)C(F)(F)F. The van der Waals surface area contributed by atoms with Crippen molar-refractivity contribution in [2.45, 2.75) is 59.5 Å². The highest BCUT2D eigenvalue weighted by atomic mass is 32.2. The Kier molecular flexibility index (Phi) is 11.6. The number of nitrogens with zero attached hydrogens (tertiary/aromatic N) is 2. The van der Waals surface area contributed by atoms with Crippen molar-refractivity contribution in [3.63, 3.8) is 0 Å². The number of hydrogen-bond donors (Lipinski definition) is 2. The van der Waals surface area contributed by atoms with Crippen molar-refractivity contribution in [3.05, 3.63) is 0 Å². The molecule has 0 rings (SSSR count). The van der Waals surface area contributed by atoms with Gasteiger partial charge in [-0.25, -0.2) is 8.42 Å². The molecule has 0 aromatic heterocycles. The van der Waals surface area contributed by atoms with Crippen LogP contribution in [0, 0.1) is 0 Å². The second-order valence-electron chi connectivity index (χ2n) is 8.88. The third-order valence-electron chi connectivity index (χ3n) is 5.19. The van der Waals surface area contributed by atoms with E-state index in [-0.39, 0.29) is 0 Å². The summed E-state index contributed by atoms with van der Waals surface area (Å²) in [5, 5.41) is 1.65. The maximum Gasteiger partial charge on any atom is 0.460 e. The van der Waals surface area contributed by atoms with Crippen LogP contribution in [0.2, 0.25) is 0 Å². The van der Waals surface area contributed by atoms with Gasteiger partial charge in [0, 0.05) is 13.1 Å². The molecule has 0 aliphatic heterocycles. The van der Waals surface area contributed by atoms with E-state index >= 15 is 0 Å². The molecular weight excluding hydrogens is 703 g/mol. The smallest absolute Gasteiger partial charge is 0.391 e. The first-order valence-electron chi connectivity index (χ1n) is 10.4. The van der Waals surface area contributed by atoms with Gasteiger partial charge in [0.15, 0.2) is 0 Å². The standard InChI is InChI=1S/C16H19F17N2O6S2/c1-34(2)4-3-5-35(6-8(36)7-42(37,38)39)43(40,41)16(32,33)14(27,28)12(23,24)10(19,20)9(17,18)11(21,22)13(25,26)15(29,30)31/h8,36H,3-7H2,1-2H3,(H,37,38,39). The Morgan fingerprint density at radius 2 is 0.953 bits per heavy atom. The molecule has 260 valence electrons. The van der Waals surface area contributed by atoms with E-state index in [0.717, 1.165) is 4.90 Å². The van der Waals surface area contributed by atoms with Crippen molar-refractivity contribution < 1.29 is 101 Å². The Morgan fingerprint density at radius 3 is 1.28 bits per heavy atom. The van der Waals surface area contributed by atoms with Crippen LogP contribution >= 0.6 is 0 Å². The van der Waals surface area contributed by atoms with E-state index in [1.165, 1.54) is 14.1 Å². The minimum absolute atomic E-state index is 0.425. The third-order valence-corrected chi connectivity index (χ3v) is 7.91. The summed E-state index contributed by atoms with van der Waals surface area (Å²) >= 11 is 0. The average Bonchev–Trinajstić information content (AvgIpc) is 2.75. The number of aliphatic hydroxyl groups excluding tert-OH is 1. The lowest BCUT2D eigenvalue weighted by Gasteiger charge is -2.43. The third kappa shape index (κ3) is 7.19. The van der Waals surface area contributed by atoms with E-state index in [9.17, 15) is 96.6 Å². The van der Waals surface area contributed by atoms with Gasteiger partial charge in [-0.2, -0.15) is 87.4 Å². The Labute approximate surface area is 230 Å². The maximum absolute atomic E-state index is 14.5.